The quantitative estimate of drug-likeness (QED) is 0.255. The Morgan fingerprint density at radius 1 is 0.853 bits per heavy atom. The lowest BCUT2D eigenvalue weighted by atomic mass is 9.96. The molecule has 0 amide bonds. The van der Waals surface area contributed by atoms with Gasteiger partial charge in [-0.05, 0) is 71.5 Å². The number of rotatable bonds is 9. The third kappa shape index (κ3) is 5.70. The highest BCUT2D eigenvalue weighted by molar-refractivity contribution is 7.98. The number of carboxylic acids is 1. The second-order valence-electron chi connectivity index (χ2n) is 8.19. The zero-order chi connectivity index (χ0) is 23.9. The van der Waals surface area contributed by atoms with Crippen molar-refractivity contribution in [1.29, 1.82) is 0 Å². The molecule has 0 aliphatic heterocycles. The van der Waals surface area contributed by atoms with Crippen LogP contribution in [0.5, 0.6) is 5.75 Å². The van der Waals surface area contributed by atoms with E-state index < -0.39 is 5.97 Å². The maximum absolute atomic E-state index is 11.3. The van der Waals surface area contributed by atoms with Crippen molar-refractivity contribution in [2.75, 3.05) is 0 Å². The summed E-state index contributed by atoms with van der Waals surface area (Å²) in [5.41, 5.74) is 6.79. The van der Waals surface area contributed by atoms with Gasteiger partial charge in [0.25, 0.3) is 0 Å². The van der Waals surface area contributed by atoms with Crippen molar-refractivity contribution in [3.8, 4) is 16.9 Å². The second kappa shape index (κ2) is 11.1. The van der Waals surface area contributed by atoms with Crippen molar-refractivity contribution in [3.63, 3.8) is 0 Å². The van der Waals surface area contributed by atoms with Gasteiger partial charge in [-0.2, -0.15) is 0 Å². The Kier molecular flexibility index (Phi) is 7.71. The topological polar surface area (TPSA) is 46.5 Å². The largest absolute Gasteiger partial charge is 0.488 e. The van der Waals surface area contributed by atoms with Crippen molar-refractivity contribution in [2.45, 2.75) is 37.5 Å². The molecule has 0 atom stereocenters. The summed E-state index contributed by atoms with van der Waals surface area (Å²) in [6.07, 6.45) is 0.939. The van der Waals surface area contributed by atoms with Crippen molar-refractivity contribution in [2.24, 2.45) is 0 Å². The molecule has 34 heavy (non-hydrogen) atoms. The summed E-state index contributed by atoms with van der Waals surface area (Å²) in [4.78, 5) is 12.6. The lowest BCUT2D eigenvalue weighted by molar-refractivity contribution is 0.0696. The Hall–Kier alpha value is -3.50. The van der Waals surface area contributed by atoms with Crippen LogP contribution in [0.1, 0.15) is 39.5 Å². The Morgan fingerprint density at radius 2 is 1.59 bits per heavy atom. The number of hydrogen-bond acceptors (Lipinski definition) is 3. The highest BCUT2D eigenvalue weighted by Crippen LogP contribution is 2.36. The lowest BCUT2D eigenvalue weighted by Gasteiger charge is -2.16. The first-order valence-electron chi connectivity index (χ1n) is 11.4. The van der Waals surface area contributed by atoms with Gasteiger partial charge in [-0.15, -0.1) is 11.8 Å². The Bertz CT molecular complexity index is 1280. The monoisotopic (exact) mass is 468 g/mol. The van der Waals surface area contributed by atoms with E-state index in [-0.39, 0.29) is 0 Å². The van der Waals surface area contributed by atoms with Crippen LogP contribution in [0.15, 0.2) is 95.9 Å². The summed E-state index contributed by atoms with van der Waals surface area (Å²) in [5, 5.41) is 9.29. The van der Waals surface area contributed by atoms with Crippen LogP contribution in [0.4, 0.5) is 0 Å². The van der Waals surface area contributed by atoms with Gasteiger partial charge in [0.05, 0.1) is 5.56 Å². The van der Waals surface area contributed by atoms with E-state index in [1.807, 2.05) is 36.9 Å². The number of hydrogen-bond donors (Lipinski definition) is 1. The van der Waals surface area contributed by atoms with Crippen molar-refractivity contribution >= 4 is 17.7 Å². The molecule has 0 aliphatic carbocycles. The third-order valence-corrected chi connectivity index (χ3v) is 6.88. The SMILES string of the molecule is CCc1ccccc1-c1cc(CSc2ccccc2)ccc1OCc1ccc(C(=O)O)c(C)c1. The van der Waals surface area contributed by atoms with Crippen LogP contribution < -0.4 is 4.74 Å². The summed E-state index contributed by atoms with van der Waals surface area (Å²) in [6, 6.07) is 30.7. The average molecular weight is 469 g/mol. The van der Waals surface area contributed by atoms with Crippen LogP contribution in [-0.2, 0) is 18.8 Å². The Balaban J connectivity index is 1.61. The minimum Gasteiger partial charge on any atom is -0.488 e. The molecule has 0 fully saturated rings. The van der Waals surface area contributed by atoms with E-state index in [4.69, 9.17) is 4.74 Å². The van der Waals surface area contributed by atoms with Crippen LogP contribution in [0.25, 0.3) is 11.1 Å². The summed E-state index contributed by atoms with van der Waals surface area (Å²) in [7, 11) is 0. The van der Waals surface area contributed by atoms with E-state index in [0.717, 1.165) is 34.6 Å². The molecule has 0 spiro atoms. The molecule has 0 bridgehead atoms. The number of benzene rings is 4. The van der Waals surface area contributed by atoms with Gasteiger partial charge in [0.2, 0.25) is 0 Å². The van der Waals surface area contributed by atoms with Gasteiger partial charge in [-0.3, -0.25) is 0 Å². The molecule has 4 heteroatoms. The van der Waals surface area contributed by atoms with E-state index in [1.54, 1.807) is 6.07 Å². The standard InChI is InChI=1S/C30H28O3S/c1-3-24-9-7-8-12-27(24)28-18-23(20-34-25-10-5-4-6-11-25)14-16-29(28)33-19-22-13-15-26(30(31)32)21(2)17-22/h4-18H,3,19-20H2,1-2H3,(H,31,32). The Morgan fingerprint density at radius 3 is 2.32 bits per heavy atom. The van der Waals surface area contributed by atoms with Crippen molar-refractivity contribution < 1.29 is 14.6 Å². The molecule has 0 saturated carbocycles. The molecule has 0 unspecified atom stereocenters. The van der Waals surface area contributed by atoms with E-state index in [1.165, 1.54) is 21.6 Å². The summed E-state index contributed by atoms with van der Waals surface area (Å²) >= 11 is 1.82. The highest BCUT2D eigenvalue weighted by atomic mass is 32.2. The molecular weight excluding hydrogens is 440 g/mol. The van der Waals surface area contributed by atoms with Crippen LogP contribution in [0, 0.1) is 6.92 Å². The first kappa shape index (κ1) is 23.7. The van der Waals surface area contributed by atoms with Gasteiger partial charge in [0.15, 0.2) is 0 Å². The van der Waals surface area contributed by atoms with Gasteiger partial charge < -0.3 is 9.84 Å². The Labute approximate surface area is 205 Å². The fourth-order valence-electron chi connectivity index (χ4n) is 3.99. The molecular formula is C30H28O3S. The molecule has 4 aromatic carbocycles. The molecule has 0 saturated heterocycles. The molecule has 1 N–H and O–H groups in total. The first-order valence-corrected chi connectivity index (χ1v) is 12.4. The predicted octanol–water partition coefficient (Wildman–Crippen LogP) is 7.79. The normalized spacial score (nSPS) is 10.8. The molecule has 0 heterocycles. The minimum atomic E-state index is -0.910. The number of aromatic carboxylic acids is 1. The van der Waals surface area contributed by atoms with E-state index >= 15 is 0 Å². The molecule has 0 aromatic heterocycles. The van der Waals surface area contributed by atoms with Crippen LogP contribution >= 0.6 is 11.8 Å². The van der Waals surface area contributed by atoms with Crippen molar-refractivity contribution in [1.82, 2.24) is 0 Å². The van der Waals surface area contributed by atoms with Crippen LogP contribution in [0.2, 0.25) is 0 Å². The van der Waals surface area contributed by atoms with Crippen molar-refractivity contribution in [3.05, 3.63) is 119 Å². The van der Waals surface area contributed by atoms with Gasteiger partial charge in [-0.1, -0.05) is 67.6 Å². The highest BCUT2D eigenvalue weighted by Gasteiger charge is 2.13. The fourth-order valence-corrected chi connectivity index (χ4v) is 4.86. The summed E-state index contributed by atoms with van der Waals surface area (Å²) in [6.45, 7) is 4.36. The zero-order valence-electron chi connectivity index (χ0n) is 19.5. The maximum atomic E-state index is 11.3. The maximum Gasteiger partial charge on any atom is 0.335 e. The minimum absolute atomic E-state index is 0.321. The lowest BCUT2D eigenvalue weighted by Crippen LogP contribution is -2.03. The van der Waals surface area contributed by atoms with Crippen LogP contribution in [0.3, 0.4) is 0 Å². The number of carboxylic acid groups (broad SMARTS) is 1. The van der Waals surface area contributed by atoms with Gasteiger partial charge in [-0.25, -0.2) is 4.79 Å². The molecule has 4 rings (SSSR count). The smallest absolute Gasteiger partial charge is 0.335 e. The average Bonchev–Trinajstić information content (AvgIpc) is 2.87. The number of carbonyl (C=O) groups is 1. The molecule has 0 radical (unpaired) electrons. The van der Waals surface area contributed by atoms with E-state index in [9.17, 15) is 9.90 Å². The third-order valence-electron chi connectivity index (χ3n) is 5.80. The molecule has 172 valence electrons. The van der Waals surface area contributed by atoms with Gasteiger partial charge >= 0.3 is 5.97 Å². The molecule has 4 aromatic rings. The number of thioether (sulfide) groups is 1. The zero-order valence-corrected chi connectivity index (χ0v) is 20.3. The van der Waals surface area contributed by atoms with E-state index in [2.05, 4.69) is 73.7 Å². The second-order valence-corrected chi connectivity index (χ2v) is 9.23. The van der Waals surface area contributed by atoms with Crippen LogP contribution in [-0.4, -0.2) is 11.1 Å². The van der Waals surface area contributed by atoms with Gasteiger partial charge in [0, 0.05) is 16.2 Å². The van der Waals surface area contributed by atoms with E-state index in [0.29, 0.717) is 12.2 Å². The molecule has 3 nitrogen and oxygen atoms in total. The summed E-state index contributed by atoms with van der Waals surface area (Å²) in [5.74, 6) is 0.795. The first-order chi connectivity index (χ1) is 16.5. The summed E-state index contributed by atoms with van der Waals surface area (Å²) < 4.78 is 6.30. The molecule has 0 aliphatic rings. The number of ether oxygens (including phenoxy) is 1. The predicted molar refractivity (Wildman–Crippen MR) is 140 cm³/mol. The number of aryl methyl sites for hydroxylation is 2. The fraction of sp³-hybridized carbons (Fsp3) is 0.167. The van der Waals surface area contributed by atoms with Gasteiger partial charge in [0.1, 0.15) is 12.4 Å².